The van der Waals surface area contributed by atoms with Crippen LogP contribution in [0.15, 0.2) is 40.9 Å². The lowest BCUT2D eigenvalue weighted by atomic mass is 9.98. The molecule has 1 N–H and O–H groups in total. The first kappa shape index (κ1) is 17.7. The van der Waals surface area contributed by atoms with E-state index < -0.39 is 0 Å². The zero-order valence-electron chi connectivity index (χ0n) is 13.2. The number of ketones is 1. The molecule has 2 aromatic rings. The third-order valence-electron chi connectivity index (χ3n) is 4.22. The van der Waals surface area contributed by atoms with Crippen LogP contribution in [0.1, 0.15) is 49.1 Å². The van der Waals surface area contributed by atoms with E-state index in [9.17, 15) is 4.79 Å². The summed E-state index contributed by atoms with van der Waals surface area (Å²) in [6, 6.07) is 12.1. The van der Waals surface area contributed by atoms with Gasteiger partial charge in [0.05, 0.1) is 0 Å². The van der Waals surface area contributed by atoms with Gasteiger partial charge in [-0.3, -0.25) is 4.79 Å². The summed E-state index contributed by atoms with van der Waals surface area (Å²) >= 11 is 0. The molecule has 1 saturated heterocycles. The Morgan fingerprint density at radius 3 is 2.83 bits per heavy atom. The number of nitrogens with zero attached hydrogens (tertiary/aromatic N) is 1. The number of benzene rings is 1. The highest BCUT2D eigenvalue weighted by atomic mass is 35.5. The fourth-order valence-electron chi connectivity index (χ4n) is 2.95. The third kappa shape index (κ3) is 4.91. The minimum absolute atomic E-state index is 0. The molecular weight excluding hydrogens is 312 g/mol. The van der Waals surface area contributed by atoms with Crippen LogP contribution in [0.2, 0.25) is 0 Å². The molecule has 1 aliphatic rings. The highest BCUT2D eigenvalue weighted by Gasteiger charge is 2.16. The predicted molar refractivity (Wildman–Crippen MR) is 93.0 cm³/mol. The summed E-state index contributed by atoms with van der Waals surface area (Å²) in [5, 5.41) is 7.51. The number of hydrogen-bond acceptors (Lipinski definition) is 4. The fourth-order valence-corrected chi connectivity index (χ4v) is 2.95. The van der Waals surface area contributed by atoms with E-state index in [1.807, 2.05) is 30.3 Å². The minimum Gasteiger partial charge on any atom is -0.352 e. The van der Waals surface area contributed by atoms with E-state index in [1.54, 1.807) is 6.07 Å². The maximum atomic E-state index is 12.2. The highest BCUT2D eigenvalue weighted by Crippen LogP contribution is 2.20. The van der Waals surface area contributed by atoms with Gasteiger partial charge in [0.25, 0.3) is 0 Å². The SMILES string of the molecule is Cl.O=C(CCCC1CCCCN1)c1cc(-c2ccccc2)no1. The van der Waals surface area contributed by atoms with Gasteiger partial charge < -0.3 is 9.84 Å². The average molecular weight is 335 g/mol. The van der Waals surface area contributed by atoms with Gasteiger partial charge in [-0.25, -0.2) is 0 Å². The van der Waals surface area contributed by atoms with E-state index in [0.717, 1.165) is 30.6 Å². The summed E-state index contributed by atoms with van der Waals surface area (Å²) in [7, 11) is 0. The number of halogens is 1. The van der Waals surface area contributed by atoms with Crippen molar-refractivity contribution in [2.24, 2.45) is 0 Å². The Kier molecular flexibility index (Phi) is 6.81. The van der Waals surface area contributed by atoms with Crippen LogP contribution in [0.4, 0.5) is 0 Å². The fraction of sp³-hybridized carbons (Fsp3) is 0.444. The second kappa shape index (κ2) is 8.85. The van der Waals surface area contributed by atoms with Crippen molar-refractivity contribution in [2.75, 3.05) is 6.54 Å². The average Bonchev–Trinajstić information content (AvgIpc) is 3.07. The largest absolute Gasteiger partial charge is 0.352 e. The summed E-state index contributed by atoms with van der Waals surface area (Å²) in [6.07, 6.45) is 6.30. The van der Waals surface area contributed by atoms with Gasteiger partial charge in [0.1, 0.15) is 5.69 Å². The van der Waals surface area contributed by atoms with Crippen molar-refractivity contribution >= 4 is 18.2 Å². The summed E-state index contributed by atoms with van der Waals surface area (Å²) in [6.45, 7) is 1.11. The zero-order chi connectivity index (χ0) is 15.2. The van der Waals surface area contributed by atoms with Crippen molar-refractivity contribution in [3.63, 3.8) is 0 Å². The van der Waals surface area contributed by atoms with Gasteiger partial charge in [-0.1, -0.05) is 41.9 Å². The van der Waals surface area contributed by atoms with E-state index in [0.29, 0.717) is 18.2 Å². The number of Topliss-reactive ketones (excluding diaryl/α,β-unsaturated/α-hetero) is 1. The molecule has 5 heteroatoms. The van der Waals surface area contributed by atoms with Gasteiger partial charge in [-0.05, 0) is 32.2 Å². The van der Waals surface area contributed by atoms with Gasteiger partial charge >= 0.3 is 0 Å². The van der Waals surface area contributed by atoms with Crippen LogP contribution < -0.4 is 5.32 Å². The zero-order valence-corrected chi connectivity index (χ0v) is 14.0. The molecule has 1 fully saturated rings. The van der Waals surface area contributed by atoms with Gasteiger partial charge in [0.15, 0.2) is 0 Å². The monoisotopic (exact) mass is 334 g/mol. The summed E-state index contributed by atoms with van der Waals surface area (Å²) in [5.74, 6) is 0.418. The summed E-state index contributed by atoms with van der Waals surface area (Å²) in [5.41, 5.74) is 1.69. The number of piperidine rings is 1. The first-order valence-corrected chi connectivity index (χ1v) is 8.11. The molecule has 124 valence electrons. The molecule has 2 heterocycles. The molecule has 0 aliphatic carbocycles. The molecule has 1 aromatic heterocycles. The van der Waals surface area contributed by atoms with E-state index in [4.69, 9.17) is 4.52 Å². The quantitative estimate of drug-likeness (QED) is 0.802. The molecule has 0 radical (unpaired) electrons. The number of carbonyl (C=O) groups excluding carboxylic acids is 1. The van der Waals surface area contributed by atoms with Crippen LogP contribution in [0, 0.1) is 0 Å². The van der Waals surface area contributed by atoms with Crippen molar-refractivity contribution < 1.29 is 9.32 Å². The van der Waals surface area contributed by atoms with E-state index in [1.165, 1.54) is 19.3 Å². The lowest BCUT2D eigenvalue weighted by Gasteiger charge is -2.23. The molecule has 0 saturated carbocycles. The van der Waals surface area contributed by atoms with Gasteiger partial charge in [-0.15, -0.1) is 12.4 Å². The van der Waals surface area contributed by atoms with E-state index in [-0.39, 0.29) is 18.2 Å². The molecular formula is C18H23ClN2O2. The maximum Gasteiger partial charge on any atom is 0.203 e. The Morgan fingerprint density at radius 1 is 1.26 bits per heavy atom. The van der Waals surface area contributed by atoms with Crippen LogP contribution in [-0.2, 0) is 0 Å². The first-order chi connectivity index (χ1) is 10.8. The second-order valence-corrected chi connectivity index (χ2v) is 5.90. The van der Waals surface area contributed by atoms with Crippen molar-refractivity contribution in [1.82, 2.24) is 10.5 Å². The van der Waals surface area contributed by atoms with Crippen LogP contribution in [0.5, 0.6) is 0 Å². The highest BCUT2D eigenvalue weighted by molar-refractivity contribution is 5.94. The number of rotatable bonds is 6. The number of aromatic nitrogens is 1. The van der Waals surface area contributed by atoms with Crippen LogP contribution >= 0.6 is 12.4 Å². The van der Waals surface area contributed by atoms with Crippen LogP contribution in [0.3, 0.4) is 0 Å². The van der Waals surface area contributed by atoms with Crippen molar-refractivity contribution in [3.8, 4) is 11.3 Å². The molecule has 1 aliphatic heterocycles. The lowest BCUT2D eigenvalue weighted by molar-refractivity contribution is 0.0942. The summed E-state index contributed by atoms with van der Waals surface area (Å²) < 4.78 is 5.21. The van der Waals surface area contributed by atoms with Crippen LogP contribution in [-0.4, -0.2) is 23.5 Å². The predicted octanol–water partition coefficient (Wildman–Crippen LogP) is 4.26. The smallest absolute Gasteiger partial charge is 0.203 e. The first-order valence-electron chi connectivity index (χ1n) is 8.11. The standard InChI is InChI=1S/C18H22N2O2.ClH/c21-17(11-6-10-15-9-4-5-12-19-15)18-13-16(20-22-18)14-7-2-1-3-8-14;/h1-3,7-8,13,15,19H,4-6,9-12H2;1H. The molecule has 0 spiro atoms. The second-order valence-electron chi connectivity index (χ2n) is 5.90. The Balaban J connectivity index is 0.00000192. The normalized spacial score (nSPS) is 17.5. The number of hydrogen-bond donors (Lipinski definition) is 1. The van der Waals surface area contributed by atoms with Gasteiger partial charge in [-0.2, -0.15) is 0 Å². The molecule has 0 amide bonds. The van der Waals surface area contributed by atoms with Gasteiger partial charge in [0.2, 0.25) is 11.5 Å². The van der Waals surface area contributed by atoms with E-state index in [2.05, 4.69) is 10.5 Å². The Bertz CT molecular complexity index is 606. The van der Waals surface area contributed by atoms with Crippen molar-refractivity contribution in [2.45, 2.75) is 44.6 Å². The Hall–Kier alpha value is -1.65. The maximum absolute atomic E-state index is 12.2. The lowest BCUT2D eigenvalue weighted by Crippen LogP contribution is -2.33. The van der Waals surface area contributed by atoms with Crippen molar-refractivity contribution in [1.29, 1.82) is 0 Å². The molecule has 23 heavy (non-hydrogen) atoms. The number of carbonyl (C=O) groups is 1. The molecule has 1 atom stereocenters. The third-order valence-corrected chi connectivity index (χ3v) is 4.22. The molecule has 1 aromatic carbocycles. The summed E-state index contributed by atoms with van der Waals surface area (Å²) in [4.78, 5) is 12.2. The molecule has 1 unspecified atom stereocenters. The molecule has 3 rings (SSSR count). The topological polar surface area (TPSA) is 55.1 Å². The van der Waals surface area contributed by atoms with Gasteiger partial charge in [0, 0.05) is 24.1 Å². The molecule has 0 bridgehead atoms. The Labute approximate surface area is 143 Å². The number of nitrogens with one attached hydrogen (secondary N) is 1. The molecule has 4 nitrogen and oxygen atoms in total. The Morgan fingerprint density at radius 2 is 2.09 bits per heavy atom. The van der Waals surface area contributed by atoms with Crippen LogP contribution in [0.25, 0.3) is 11.3 Å². The van der Waals surface area contributed by atoms with Crippen molar-refractivity contribution in [3.05, 3.63) is 42.2 Å². The van der Waals surface area contributed by atoms with E-state index >= 15 is 0 Å². The minimum atomic E-state index is 0.